The van der Waals surface area contributed by atoms with Crippen molar-refractivity contribution in [2.24, 2.45) is 0 Å². The quantitative estimate of drug-likeness (QED) is 0.679. The highest BCUT2D eigenvalue weighted by Crippen LogP contribution is 2.13. The summed E-state index contributed by atoms with van der Waals surface area (Å²) < 4.78 is 0. The molecule has 0 bridgehead atoms. The highest BCUT2D eigenvalue weighted by molar-refractivity contribution is 6.03. The molecule has 2 aromatic rings. The Kier molecular flexibility index (Phi) is 4.89. The van der Waals surface area contributed by atoms with Crippen LogP contribution in [0.4, 0.5) is 5.69 Å². The van der Waals surface area contributed by atoms with E-state index < -0.39 is 0 Å². The molecule has 1 amide bonds. The van der Waals surface area contributed by atoms with E-state index in [9.17, 15) is 9.59 Å². The average Bonchev–Trinajstić information content (AvgIpc) is 2.46. The molecule has 0 fully saturated rings. The summed E-state index contributed by atoms with van der Waals surface area (Å²) in [4.78, 5) is 23.3. The zero-order chi connectivity index (χ0) is 16.1. The maximum Gasteiger partial charge on any atom is 0.248 e. The molecule has 0 saturated heterocycles. The Morgan fingerprint density at radius 2 is 1.82 bits per heavy atom. The van der Waals surface area contributed by atoms with Gasteiger partial charge in [-0.1, -0.05) is 35.9 Å². The second kappa shape index (κ2) is 6.85. The third kappa shape index (κ3) is 4.16. The van der Waals surface area contributed by atoms with E-state index >= 15 is 0 Å². The first-order valence-corrected chi connectivity index (χ1v) is 7.13. The number of anilines is 1. The van der Waals surface area contributed by atoms with Crippen LogP contribution in [-0.2, 0) is 4.79 Å². The van der Waals surface area contributed by atoms with Crippen molar-refractivity contribution < 1.29 is 9.59 Å². The van der Waals surface area contributed by atoms with Crippen molar-refractivity contribution in [2.45, 2.75) is 20.8 Å². The molecule has 0 unspecified atom stereocenters. The van der Waals surface area contributed by atoms with Gasteiger partial charge in [0.15, 0.2) is 5.78 Å². The first-order chi connectivity index (χ1) is 10.5. The average molecular weight is 293 g/mol. The SMILES string of the molecule is CC(=O)c1cccc(NC(=O)/C=C/c2ccc(C)cc2C)c1. The van der Waals surface area contributed by atoms with Gasteiger partial charge in [0.05, 0.1) is 0 Å². The van der Waals surface area contributed by atoms with E-state index in [0.29, 0.717) is 11.3 Å². The van der Waals surface area contributed by atoms with Crippen LogP contribution in [0, 0.1) is 13.8 Å². The normalized spacial score (nSPS) is 10.7. The zero-order valence-electron chi connectivity index (χ0n) is 13.0. The standard InChI is InChI=1S/C19H19NO2/c1-13-7-8-16(14(2)11-13)9-10-19(22)20-18-6-4-5-17(12-18)15(3)21/h4-12H,1-3H3,(H,20,22)/b10-9+. The lowest BCUT2D eigenvalue weighted by Crippen LogP contribution is -2.08. The molecule has 3 nitrogen and oxygen atoms in total. The summed E-state index contributed by atoms with van der Waals surface area (Å²) in [5.74, 6) is -0.248. The predicted molar refractivity (Wildman–Crippen MR) is 90.0 cm³/mol. The van der Waals surface area contributed by atoms with Gasteiger partial charge in [-0.15, -0.1) is 0 Å². The third-order valence-electron chi connectivity index (χ3n) is 3.38. The van der Waals surface area contributed by atoms with Crippen molar-refractivity contribution in [2.75, 3.05) is 5.32 Å². The van der Waals surface area contributed by atoms with Crippen LogP contribution in [0.25, 0.3) is 6.08 Å². The number of Topliss-reactive ketones (excluding diaryl/α,β-unsaturated/α-hetero) is 1. The second-order valence-corrected chi connectivity index (χ2v) is 5.32. The molecule has 0 aromatic heterocycles. The van der Waals surface area contributed by atoms with Crippen LogP contribution < -0.4 is 5.32 Å². The topological polar surface area (TPSA) is 46.2 Å². The molecule has 0 aliphatic rings. The fourth-order valence-corrected chi connectivity index (χ4v) is 2.18. The van der Waals surface area contributed by atoms with Gasteiger partial charge in [0.2, 0.25) is 5.91 Å². The van der Waals surface area contributed by atoms with Crippen LogP contribution in [0.15, 0.2) is 48.5 Å². The number of hydrogen-bond donors (Lipinski definition) is 1. The van der Waals surface area contributed by atoms with Crippen LogP contribution in [-0.4, -0.2) is 11.7 Å². The van der Waals surface area contributed by atoms with Gasteiger partial charge < -0.3 is 5.32 Å². The lowest BCUT2D eigenvalue weighted by molar-refractivity contribution is -0.111. The van der Waals surface area contributed by atoms with Gasteiger partial charge in [0.25, 0.3) is 0 Å². The van der Waals surface area contributed by atoms with Crippen molar-refractivity contribution in [1.29, 1.82) is 0 Å². The minimum Gasteiger partial charge on any atom is -0.322 e. The molecule has 0 atom stereocenters. The summed E-state index contributed by atoms with van der Waals surface area (Å²) in [6.07, 6.45) is 3.29. The van der Waals surface area contributed by atoms with Gasteiger partial charge in [-0.25, -0.2) is 0 Å². The Bertz CT molecular complexity index is 745. The lowest BCUT2D eigenvalue weighted by atomic mass is 10.1. The van der Waals surface area contributed by atoms with Gasteiger partial charge >= 0.3 is 0 Å². The van der Waals surface area contributed by atoms with Gasteiger partial charge in [-0.2, -0.15) is 0 Å². The van der Waals surface area contributed by atoms with Crippen LogP contribution in [0.1, 0.15) is 34.0 Å². The molecule has 0 spiro atoms. The maximum atomic E-state index is 12.0. The minimum atomic E-state index is -0.222. The van der Waals surface area contributed by atoms with Crippen molar-refractivity contribution in [3.8, 4) is 0 Å². The molecule has 0 aliphatic carbocycles. The van der Waals surface area contributed by atoms with Crippen molar-refractivity contribution in [1.82, 2.24) is 0 Å². The molecule has 22 heavy (non-hydrogen) atoms. The van der Waals surface area contributed by atoms with E-state index in [1.807, 2.05) is 26.0 Å². The Morgan fingerprint density at radius 1 is 1.05 bits per heavy atom. The Labute approximate surface area is 130 Å². The predicted octanol–water partition coefficient (Wildman–Crippen LogP) is 4.16. The van der Waals surface area contributed by atoms with E-state index in [2.05, 4.69) is 11.4 Å². The minimum absolute atomic E-state index is 0.0260. The van der Waals surface area contributed by atoms with Gasteiger partial charge in [-0.05, 0) is 50.1 Å². The van der Waals surface area contributed by atoms with Crippen LogP contribution in [0.3, 0.4) is 0 Å². The summed E-state index contributed by atoms with van der Waals surface area (Å²) in [6, 6.07) is 13.0. The smallest absolute Gasteiger partial charge is 0.248 e. The molecular weight excluding hydrogens is 274 g/mol. The van der Waals surface area contributed by atoms with Crippen molar-refractivity contribution in [3.63, 3.8) is 0 Å². The molecule has 2 rings (SSSR count). The van der Waals surface area contributed by atoms with E-state index in [1.54, 1.807) is 30.3 Å². The third-order valence-corrected chi connectivity index (χ3v) is 3.38. The first kappa shape index (κ1) is 15.7. The molecule has 0 aliphatic heterocycles. The fourth-order valence-electron chi connectivity index (χ4n) is 2.18. The summed E-state index contributed by atoms with van der Waals surface area (Å²) in [5, 5.41) is 2.76. The highest BCUT2D eigenvalue weighted by Gasteiger charge is 2.03. The summed E-state index contributed by atoms with van der Waals surface area (Å²) in [7, 11) is 0. The van der Waals surface area contributed by atoms with E-state index in [4.69, 9.17) is 0 Å². The molecule has 0 saturated carbocycles. The Hall–Kier alpha value is -2.68. The molecule has 2 aromatic carbocycles. The zero-order valence-corrected chi connectivity index (χ0v) is 13.0. The van der Waals surface area contributed by atoms with Crippen LogP contribution in [0.2, 0.25) is 0 Å². The number of hydrogen-bond acceptors (Lipinski definition) is 2. The van der Waals surface area contributed by atoms with E-state index in [0.717, 1.165) is 11.1 Å². The number of rotatable bonds is 4. The number of nitrogens with one attached hydrogen (secondary N) is 1. The van der Waals surface area contributed by atoms with E-state index in [-0.39, 0.29) is 11.7 Å². The van der Waals surface area contributed by atoms with Gasteiger partial charge in [0.1, 0.15) is 0 Å². The van der Waals surface area contributed by atoms with Crippen LogP contribution >= 0.6 is 0 Å². The molecule has 1 N–H and O–H groups in total. The molecule has 3 heteroatoms. The second-order valence-electron chi connectivity index (χ2n) is 5.32. The lowest BCUT2D eigenvalue weighted by Gasteiger charge is -2.04. The largest absolute Gasteiger partial charge is 0.322 e. The van der Waals surface area contributed by atoms with E-state index in [1.165, 1.54) is 18.6 Å². The molecule has 0 heterocycles. The maximum absolute atomic E-state index is 12.0. The van der Waals surface area contributed by atoms with Gasteiger partial charge in [0, 0.05) is 17.3 Å². The van der Waals surface area contributed by atoms with Crippen molar-refractivity contribution >= 4 is 23.5 Å². The molecule has 112 valence electrons. The highest BCUT2D eigenvalue weighted by atomic mass is 16.1. The fraction of sp³-hybridized carbons (Fsp3) is 0.158. The Morgan fingerprint density at radius 3 is 2.50 bits per heavy atom. The number of ketones is 1. The van der Waals surface area contributed by atoms with Gasteiger partial charge in [-0.3, -0.25) is 9.59 Å². The van der Waals surface area contributed by atoms with Crippen LogP contribution in [0.5, 0.6) is 0 Å². The summed E-state index contributed by atoms with van der Waals surface area (Å²) in [5.41, 5.74) is 4.53. The number of benzene rings is 2. The molecular formula is C19H19NO2. The number of amides is 1. The Balaban J connectivity index is 2.08. The monoisotopic (exact) mass is 293 g/mol. The van der Waals surface area contributed by atoms with Crippen molar-refractivity contribution in [3.05, 3.63) is 70.8 Å². The number of aryl methyl sites for hydroxylation is 2. The number of carbonyl (C=O) groups excluding carboxylic acids is 2. The first-order valence-electron chi connectivity index (χ1n) is 7.13. The molecule has 0 radical (unpaired) electrons. The summed E-state index contributed by atoms with van der Waals surface area (Å²) in [6.45, 7) is 5.55. The summed E-state index contributed by atoms with van der Waals surface area (Å²) >= 11 is 0. The number of carbonyl (C=O) groups is 2.